The van der Waals surface area contributed by atoms with Crippen molar-refractivity contribution in [2.24, 2.45) is 0 Å². The van der Waals surface area contributed by atoms with Crippen molar-refractivity contribution < 1.29 is 14.7 Å². The minimum absolute atomic E-state index is 0.206. The monoisotopic (exact) mass is 289 g/mol. The van der Waals surface area contributed by atoms with E-state index < -0.39 is 12.0 Å². The number of hydrogen-bond acceptors (Lipinski definition) is 2. The van der Waals surface area contributed by atoms with Gasteiger partial charge in [-0.1, -0.05) is 29.8 Å². The van der Waals surface area contributed by atoms with Crippen LogP contribution in [0.4, 0.5) is 0 Å². The molecular weight excluding hydrogens is 266 g/mol. The van der Waals surface area contributed by atoms with E-state index in [0.717, 1.165) is 22.3 Å². The first-order chi connectivity index (χ1) is 9.85. The number of aliphatic carboxylic acids is 1. The second kappa shape index (κ2) is 7.62. The molecule has 0 aromatic heterocycles. The zero-order chi connectivity index (χ0) is 16.0. The fraction of sp³-hybridized carbons (Fsp3) is 0.412. The van der Waals surface area contributed by atoms with Gasteiger partial charge in [-0.2, -0.15) is 0 Å². The summed E-state index contributed by atoms with van der Waals surface area (Å²) in [6.45, 7) is 7.77. The van der Waals surface area contributed by atoms with Crippen LogP contribution in [-0.4, -0.2) is 23.0 Å². The van der Waals surface area contributed by atoms with Crippen LogP contribution in [0.15, 0.2) is 24.3 Å². The van der Waals surface area contributed by atoms with Crippen molar-refractivity contribution in [1.29, 1.82) is 0 Å². The molecule has 0 aliphatic carbocycles. The predicted octanol–water partition coefficient (Wildman–Crippen LogP) is 2.69. The van der Waals surface area contributed by atoms with Gasteiger partial charge in [-0.05, 0) is 50.8 Å². The first-order valence-electron chi connectivity index (χ1n) is 7.05. The average molecular weight is 289 g/mol. The average Bonchev–Trinajstić information content (AvgIpc) is 2.38. The first-order valence-corrected chi connectivity index (χ1v) is 7.05. The number of carboxylic acids is 1. The third-order valence-corrected chi connectivity index (χ3v) is 3.42. The molecule has 2 N–H and O–H groups in total. The third kappa shape index (κ3) is 5.06. The summed E-state index contributed by atoms with van der Waals surface area (Å²) in [7, 11) is 0. The highest BCUT2D eigenvalue weighted by molar-refractivity contribution is 5.85. The molecule has 0 bridgehead atoms. The highest BCUT2D eigenvalue weighted by Crippen LogP contribution is 2.17. The summed E-state index contributed by atoms with van der Waals surface area (Å²) in [6.07, 6.45) is 4.01. The van der Waals surface area contributed by atoms with Gasteiger partial charge in [0.25, 0.3) is 0 Å². The molecule has 114 valence electrons. The third-order valence-electron chi connectivity index (χ3n) is 3.42. The van der Waals surface area contributed by atoms with Gasteiger partial charge < -0.3 is 10.4 Å². The van der Waals surface area contributed by atoms with Crippen molar-refractivity contribution in [3.05, 3.63) is 46.5 Å². The van der Waals surface area contributed by atoms with Crippen LogP contribution in [0, 0.1) is 20.8 Å². The molecule has 1 unspecified atom stereocenters. The molecule has 0 heterocycles. The van der Waals surface area contributed by atoms with Crippen LogP contribution in [0.3, 0.4) is 0 Å². The van der Waals surface area contributed by atoms with E-state index in [-0.39, 0.29) is 12.3 Å². The summed E-state index contributed by atoms with van der Waals surface area (Å²) in [5.41, 5.74) is 4.24. The molecule has 1 rings (SSSR count). The van der Waals surface area contributed by atoms with Gasteiger partial charge in [-0.25, -0.2) is 4.79 Å². The van der Waals surface area contributed by atoms with E-state index in [9.17, 15) is 9.59 Å². The van der Waals surface area contributed by atoms with Gasteiger partial charge in [0, 0.05) is 0 Å². The zero-order valence-corrected chi connectivity index (χ0v) is 13.1. The van der Waals surface area contributed by atoms with Crippen LogP contribution in [-0.2, 0) is 16.0 Å². The topological polar surface area (TPSA) is 66.4 Å². The standard InChI is InChI=1S/C17H23NO3/c1-5-6-7-15(17(20)21)18-16(19)10-14-12(3)8-11(2)9-13(14)4/h5-6,8-9,15H,7,10H2,1-4H3,(H,18,19)(H,20,21)/b6-5+. The van der Waals surface area contributed by atoms with E-state index in [1.165, 1.54) is 0 Å². The minimum atomic E-state index is -1.01. The molecule has 1 aromatic carbocycles. The van der Waals surface area contributed by atoms with E-state index in [1.807, 2.05) is 39.8 Å². The van der Waals surface area contributed by atoms with E-state index in [4.69, 9.17) is 5.11 Å². The van der Waals surface area contributed by atoms with Gasteiger partial charge in [0.1, 0.15) is 6.04 Å². The second-order valence-corrected chi connectivity index (χ2v) is 5.32. The Kier molecular flexibility index (Phi) is 6.15. The fourth-order valence-corrected chi connectivity index (χ4v) is 2.39. The normalized spacial score (nSPS) is 12.4. The Labute approximate surface area is 125 Å². The Balaban J connectivity index is 2.79. The van der Waals surface area contributed by atoms with Gasteiger partial charge in [0.05, 0.1) is 6.42 Å². The molecule has 1 atom stereocenters. The second-order valence-electron chi connectivity index (χ2n) is 5.32. The largest absolute Gasteiger partial charge is 0.480 e. The van der Waals surface area contributed by atoms with Gasteiger partial charge in [-0.15, -0.1) is 0 Å². The number of rotatable bonds is 6. The number of allylic oxidation sites excluding steroid dienone is 1. The number of aryl methyl sites for hydroxylation is 3. The molecule has 4 nitrogen and oxygen atoms in total. The van der Waals surface area contributed by atoms with E-state index in [1.54, 1.807) is 12.2 Å². The highest BCUT2D eigenvalue weighted by atomic mass is 16.4. The summed E-state index contributed by atoms with van der Waals surface area (Å²) < 4.78 is 0. The molecule has 0 spiro atoms. The van der Waals surface area contributed by atoms with Crippen molar-refractivity contribution in [2.75, 3.05) is 0 Å². The van der Waals surface area contributed by atoms with Gasteiger partial charge >= 0.3 is 5.97 Å². The number of hydrogen-bond donors (Lipinski definition) is 2. The number of carbonyl (C=O) groups is 2. The summed E-state index contributed by atoms with van der Waals surface area (Å²) >= 11 is 0. The van der Waals surface area contributed by atoms with Crippen molar-refractivity contribution >= 4 is 11.9 Å². The lowest BCUT2D eigenvalue weighted by atomic mass is 9.97. The summed E-state index contributed by atoms with van der Waals surface area (Å²) in [5, 5.41) is 11.7. The molecule has 0 fully saturated rings. The van der Waals surface area contributed by atoms with Crippen molar-refractivity contribution in [1.82, 2.24) is 5.32 Å². The quantitative estimate of drug-likeness (QED) is 0.791. The van der Waals surface area contributed by atoms with Gasteiger partial charge in [0.2, 0.25) is 5.91 Å². The summed E-state index contributed by atoms with van der Waals surface area (Å²) in [5.74, 6) is -1.28. The Morgan fingerprint density at radius 1 is 1.24 bits per heavy atom. The van der Waals surface area contributed by atoms with Crippen LogP contribution < -0.4 is 5.32 Å². The number of carboxylic acid groups (broad SMARTS) is 1. The van der Waals surface area contributed by atoms with Crippen LogP contribution in [0.25, 0.3) is 0 Å². The molecule has 0 saturated heterocycles. The van der Waals surface area contributed by atoms with Gasteiger partial charge in [-0.3, -0.25) is 4.79 Å². The zero-order valence-electron chi connectivity index (χ0n) is 13.1. The fourth-order valence-electron chi connectivity index (χ4n) is 2.39. The Morgan fingerprint density at radius 3 is 2.29 bits per heavy atom. The summed E-state index contributed by atoms with van der Waals surface area (Å²) in [4.78, 5) is 23.2. The smallest absolute Gasteiger partial charge is 0.326 e. The van der Waals surface area contributed by atoms with E-state index in [2.05, 4.69) is 5.32 Å². The van der Waals surface area contributed by atoms with Crippen molar-refractivity contribution in [2.45, 2.75) is 46.6 Å². The van der Waals surface area contributed by atoms with Crippen LogP contribution >= 0.6 is 0 Å². The molecule has 0 aliphatic rings. The Morgan fingerprint density at radius 2 is 1.81 bits per heavy atom. The molecule has 4 heteroatoms. The first kappa shape index (κ1) is 17.0. The van der Waals surface area contributed by atoms with Crippen LogP contribution in [0.2, 0.25) is 0 Å². The number of nitrogens with one attached hydrogen (secondary N) is 1. The lowest BCUT2D eigenvalue weighted by Crippen LogP contribution is -2.41. The SMILES string of the molecule is C/C=C/CC(NC(=O)Cc1c(C)cc(C)cc1C)C(=O)O. The Bertz CT molecular complexity index is 538. The van der Waals surface area contributed by atoms with Crippen molar-refractivity contribution in [3.8, 4) is 0 Å². The van der Waals surface area contributed by atoms with Gasteiger partial charge in [0.15, 0.2) is 0 Å². The van der Waals surface area contributed by atoms with Crippen LogP contribution in [0.5, 0.6) is 0 Å². The molecule has 0 aliphatic heterocycles. The number of amides is 1. The predicted molar refractivity (Wildman–Crippen MR) is 83.4 cm³/mol. The van der Waals surface area contributed by atoms with E-state index >= 15 is 0 Å². The minimum Gasteiger partial charge on any atom is -0.480 e. The molecule has 1 aromatic rings. The van der Waals surface area contributed by atoms with Crippen molar-refractivity contribution in [3.63, 3.8) is 0 Å². The summed E-state index contributed by atoms with van der Waals surface area (Å²) in [6, 6.07) is 3.19. The Hall–Kier alpha value is -2.10. The molecule has 0 radical (unpaired) electrons. The maximum Gasteiger partial charge on any atom is 0.326 e. The number of carbonyl (C=O) groups excluding carboxylic acids is 1. The molecule has 0 saturated carbocycles. The lowest BCUT2D eigenvalue weighted by molar-refractivity contribution is -0.141. The lowest BCUT2D eigenvalue weighted by Gasteiger charge is -2.15. The molecular formula is C17H23NO3. The highest BCUT2D eigenvalue weighted by Gasteiger charge is 2.19. The maximum atomic E-state index is 12.1. The molecule has 1 amide bonds. The van der Waals surface area contributed by atoms with Crippen LogP contribution in [0.1, 0.15) is 35.6 Å². The maximum absolute atomic E-state index is 12.1. The molecule has 21 heavy (non-hydrogen) atoms. The van der Waals surface area contributed by atoms with E-state index in [0.29, 0.717) is 6.42 Å². The number of benzene rings is 1.